The first-order chi connectivity index (χ1) is 11.2. The van der Waals surface area contributed by atoms with Crippen molar-refractivity contribution < 1.29 is 0 Å². The van der Waals surface area contributed by atoms with E-state index in [9.17, 15) is 0 Å². The van der Waals surface area contributed by atoms with E-state index in [4.69, 9.17) is 4.98 Å². The van der Waals surface area contributed by atoms with Gasteiger partial charge in [-0.15, -0.1) is 0 Å². The number of fused-ring (bicyclic) bond motifs is 1. The van der Waals surface area contributed by atoms with Crippen molar-refractivity contribution in [2.24, 2.45) is 0 Å². The predicted molar refractivity (Wildman–Crippen MR) is 94.5 cm³/mol. The lowest BCUT2D eigenvalue weighted by molar-refractivity contribution is 0.620. The molecule has 0 spiro atoms. The van der Waals surface area contributed by atoms with Crippen LogP contribution in [0.15, 0.2) is 42.6 Å². The molecular formula is C18H23N5. The second-order valence-corrected chi connectivity index (χ2v) is 5.78. The standard InChI is InChI=1S/C18H23N5/c1-4-23-16-8-6-5-7-15(16)21-18(23)13-19-11-14-9-10-17(20-12-14)22(2)3/h5-10,12,19H,4,11,13H2,1-3H3. The van der Waals surface area contributed by atoms with Gasteiger partial charge in [-0.3, -0.25) is 0 Å². The number of pyridine rings is 1. The molecule has 0 atom stereocenters. The summed E-state index contributed by atoms with van der Waals surface area (Å²) >= 11 is 0. The van der Waals surface area contributed by atoms with Crippen molar-refractivity contribution in [3.05, 3.63) is 54.0 Å². The molecule has 5 nitrogen and oxygen atoms in total. The first kappa shape index (κ1) is 15.5. The highest BCUT2D eigenvalue weighted by Crippen LogP contribution is 2.16. The van der Waals surface area contributed by atoms with Crippen LogP contribution < -0.4 is 10.2 Å². The van der Waals surface area contributed by atoms with Crippen LogP contribution in [0.3, 0.4) is 0 Å². The molecule has 1 aromatic carbocycles. The first-order valence-electron chi connectivity index (χ1n) is 7.96. The summed E-state index contributed by atoms with van der Waals surface area (Å²) in [6.07, 6.45) is 1.92. The van der Waals surface area contributed by atoms with Gasteiger partial charge < -0.3 is 14.8 Å². The van der Waals surface area contributed by atoms with E-state index >= 15 is 0 Å². The Morgan fingerprint density at radius 3 is 2.61 bits per heavy atom. The van der Waals surface area contributed by atoms with Crippen LogP contribution in [0.5, 0.6) is 0 Å². The average molecular weight is 309 g/mol. The molecule has 0 radical (unpaired) electrons. The third kappa shape index (κ3) is 3.35. The molecule has 0 bridgehead atoms. The lowest BCUT2D eigenvalue weighted by atomic mass is 10.3. The number of para-hydroxylation sites is 2. The van der Waals surface area contributed by atoms with Gasteiger partial charge in [-0.2, -0.15) is 0 Å². The number of nitrogens with one attached hydrogen (secondary N) is 1. The molecule has 0 saturated heterocycles. The molecule has 5 heteroatoms. The highest BCUT2D eigenvalue weighted by molar-refractivity contribution is 5.75. The molecule has 23 heavy (non-hydrogen) atoms. The summed E-state index contributed by atoms with van der Waals surface area (Å²) in [6, 6.07) is 12.4. The van der Waals surface area contributed by atoms with Gasteiger partial charge in [0.25, 0.3) is 0 Å². The number of aromatic nitrogens is 3. The summed E-state index contributed by atoms with van der Waals surface area (Å²) in [6.45, 7) is 4.61. The Balaban J connectivity index is 1.66. The molecule has 0 aliphatic carbocycles. The van der Waals surface area contributed by atoms with Gasteiger partial charge in [0.05, 0.1) is 17.6 Å². The monoisotopic (exact) mass is 309 g/mol. The zero-order valence-corrected chi connectivity index (χ0v) is 14.0. The molecule has 0 unspecified atom stereocenters. The van der Waals surface area contributed by atoms with Gasteiger partial charge in [-0.25, -0.2) is 9.97 Å². The van der Waals surface area contributed by atoms with E-state index in [0.717, 1.165) is 36.8 Å². The second-order valence-electron chi connectivity index (χ2n) is 5.78. The Morgan fingerprint density at radius 2 is 1.91 bits per heavy atom. The minimum atomic E-state index is 0.748. The largest absolute Gasteiger partial charge is 0.363 e. The van der Waals surface area contributed by atoms with Gasteiger partial charge in [0.2, 0.25) is 0 Å². The van der Waals surface area contributed by atoms with Crippen LogP contribution in [0.4, 0.5) is 5.82 Å². The minimum Gasteiger partial charge on any atom is -0.363 e. The molecule has 0 saturated carbocycles. The molecular weight excluding hydrogens is 286 g/mol. The highest BCUT2D eigenvalue weighted by Gasteiger charge is 2.08. The van der Waals surface area contributed by atoms with Gasteiger partial charge in [0.1, 0.15) is 11.6 Å². The van der Waals surface area contributed by atoms with Crippen LogP contribution in [0.25, 0.3) is 11.0 Å². The van der Waals surface area contributed by atoms with Gasteiger partial charge in [-0.1, -0.05) is 18.2 Å². The fourth-order valence-corrected chi connectivity index (χ4v) is 2.72. The highest BCUT2D eigenvalue weighted by atomic mass is 15.1. The molecule has 0 amide bonds. The van der Waals surface area contributed by atoms with Crippen molar-refractivity contribution in [3.8, 4) is 0 Å². The number of hydrogen-bond donors (Lipinski definition) is 1. The first-order valence-corrected chi connectivity index (χ1v) is 7.96. The maximum absolute atomic E-state index is 4.73. The van der Waals surface area contributed by atoms with Gasteiger partial charge in [0.15, 0.2) is 0 Å². The minimum absolute atomic E-state index is 0.748. The predicted octanol–water partition coefficient (Wildman–Crippen LogP) is 2.81. The maximum atomic E-state index is 4.73. The summed E-state index contributed by atoms with van der Waals surface area (Å²) in [5, 5.41) is 3.47. The third-order valence-corrected chi connectivity index (χ3v) is 3.93. The van der Waals surface area contributed by atoms with E-state index in [0.29, 0.717) is 0 Å². The van der Waals surface area contributed by atoms with E-state index < -0.39 is 0 Å². The van der Waals surface area contributed by atoms with Crippen LogP contribution in [-0.2, 0) is 19.6 Å². The lowest BCUT2D eigenvalue weighted by Gasteiger charge is -2.11. The summed E-state index contributed by atoms with van der Waals surface area (Å²) in [5.74, 6) is 2.05. The Labute approximate surface area is 137 Å². The van der Waals surface area contributed by atoms with E-state index in [1.165, 1.54) is 11.1 Å². The molecule has 2 heterocycles. The molecule has 1 N–H and O–H groups in total. The fourth-order valence-electron chi connectivity index (χ4n) is 2.72. The number of imidazole rings is 1. The van der Waals surface area contributed by atoms with E-state index in [1.54, 1.807) is 0 Å². The van der Waals surface area contributed by atoms with Crippen molar-refractivity contribution in [2.75, 3.05) is 19.0 Å². The van der Waals surface area contributed by atoms with Crippen LogP contribution in [0.2, 0.25) is 0 Å². The Morgan fingerprint density at radius 1 is 1.09 bits per heavy atom. The molecule has 0 aliphatic rings. The molecule has 120 valence electrons. The summed E-state index contributed by atoms with van der Waals surface area (Å²) in [5.41, 5.74) is 3.43. The van der Waals surface area contributed by atoms with Crippen molar-refractivity contribution in [2.45, 2.75) is 26.6 Å². The van der Waals surface area contributed by atoms with Gasteiger partial charge >= 0.3 is 0 Å². The number of anilines is 1. The number of rotatable bonds is 6. The smallest absolute Gasteiger partial charge is 0.127 e. The average Bonchev–Trinajstić information content (AvgIpc) is 2.92. The lowest BCUT2D eigenvalue weighted by Crippen LogP contribution is -2.17. The van der Waals surface area contributed by atoms with Crippen LogP contribution in [0.1, 0.15) is 18.3 Å². The number of benzene rings is 1. The second kappa shape index (κ2) is 6.79. The van der Waals surface area contributed by atoms with Gasteiger partial charge in [0, 0.05) is 33.4 Å². The Kier molecular flexibility index (Phi) is 4.57. The third-order valence-electron chi connectivity index (χ3n) is 3.93. The topological polar surface area (TPSA) is 46.0 Å². The maximum Gasteiger partial charge on any atom is 0.127 e. The van der Waals surface area contributed by atoms with Crippen LogP contribution in [0, 0.1) is 0 Å². The zero-order chi connectivity index (χ0) is 16.2. The van der Waals surface area contributed by atoms with Crippen molar-refractivity contribution in [1.29, 1.82) is 0 Å². The number of hydrogen-bond acceptors (Lipinski definition) is 4. The van der Waals surface area contributed by atoms with E-state index in [-0.39, 0.29) is 0 Å². The normalized spacial score (nSPS) is 11.1. The van der Waals surface area contributed by atoms with E-state index in [2.05, 4.69) is 46.1 Å². The Hall–Kier alpha value is -2.40. The number of aryl methyl sites for hydroxylation is 1. The molecule has 2 aromatic heterocycles. The molecule has 0 aliphatic heterocycles. The molecule has 0 fully saturated rings. The Bertz CT molecular complexity index is 774. The summed E-state index contributed by atoms with van der Waals surface area (Å²) in [7, 11) is 3.99. The number of nitrogens with zero attached hydrogens (tertiary/aromatic N) is 4. The van der Waals surface area contributed by atoms with Crippen LogP contribution >= 0.6 is 0 Å². The van der Waals surface area contributed by atoms with Gasteiger partial charge in [-0.05, 0) is 30.7 Å². The molecule has 3 rings (SSSR count). The van der Waals surface area contributed by atoms with Crippen LogP contribution in [-0.4, -0.2) is 28.6 Å². The van der Waals surface area contributed by atoms with Crippen molar-refractivity contribution in [1.82, 2.24) is 19.9 Å². The zero-order valence-electron chi connectivity index (χ0n) is 14.0. The summed E-state index contributed by atoms with van der Waals surface area (Å²) < 4.78 is 2.26. The quantitative estimate of drug-likeness (QED) is 0.760. The van der Waals surface area contributed by atoms with Crippen molar-refractivity contribution >= 4 is 16.9 Å². The van der Waals surface area contributed by atoms with Crippen molar-refractivity contribution in [3.63, 3.8) is 0 Å². The fraction of sp³-hybridized carbons (Fsp3) is 0.333. The van der Waals surface area contributed by atoms with E-state index in [1.807, 2.05) is 37.3 Å². The molecule has 3 aromatic rings. The summed E-state index contributed by atoms with van der Waals surface area (Å²) in [4.78, 5) is 11.2. The SMILES string of the molecule is CCn1c(CNCc2ccc(N(C)C)nc2)nc2ccccc21.